The molecule has 0 bridgehead atoms. The molecule has 0 saturated heterocycles. The quantitative estimate of drug-likeness (QED) is 0.833. The van der Waals surface area contributed by atoms with Crippen molar-refractivity contribution in [3.8, 4) is 0 Å². The van der Waals surface area contributed by atoms with E-state index < -0.39 is 10.0 Å². The van der Waals surface area contributed by atoms with Gasteiger partial charge in [0.1, 0.15) is 4.21 Å². The maximum absolute atomic E-state index is 12.6. The van der Waals surface area contributed by atoms with Crippen LogP contribution in [0, 0.1) is 6.92 Å². The highest BCUT2D eigenvalue weighted by atomic mass is 32.2. The van der Waals surface area contributed by atoms with E-state index in [9.17, 15) is 13.2 Å². The summed E-state index contributed by atoms with van der Waals surface area (Å²) in [6.07, 6.45) is 0.641. The van der Waals surface area contributed by atoms with Gasteiger partial charge in [-0.3, -0.25) is 4.79 Å². The van der Waals surface area contributed by atoms with E-state index in [2.05, 4.69) is 5.32 Å². The number of aryl methyl sites for hydroxylation is 1. The van der Waals surface area contributed by atoms with Crippen molar-refractivity contribution in [1.29, 1.82) is 0 Å². The van der Waals surface area contributed by atoms with Crippen LogP contribution in [0.4, 0.5) is 5.69 Å². The van der Waals surface area contributed by atoms with Gasteiger partial charge in [0.25, 0.3) is 10.0 Å². The van der Waals surface area contributed by atoms with Gasteiger partial charge in [0, 0.05) is 12.2 Å². The Bertz CT molecular complexity index is 755. The molecule has 0 radical (unpaired) electrons. The molecule has 2 aromatic rings. The summed E-state index contributed by atoms with van der Waals surface area (Å²) in [5.41, 5.74) is 1.63. The number of para-hydroxylation sites is 1. The number of nitrogens with zero attached hydrogens (tertiary/aromatic N) is 1. The van der Waals surface area contributed by atoms with Crippen LogP contribution in [0.2, 0.25) is 0 Å². The van der Waals surface area contributed by atoms with Gasteiger partial charge in [0.2, 0.25) is 5.91 Å². The van der Waals surface area contributed by atoms with Crippen molar-refractivity contribution in [2.75, 3.05) is 18.4 Å². The molecule has 2 rings (SSSR count). The summed E-state index contributed by atoms with van der Waals surface area (Å²) in [6.45, 7) is 3.89. The smallest absolute Gasteiger partial charge is 0.253 e. The molecule has 0 aliphatic heterocycles. The van der Waals surface area contributed by atoms with Crippen LogP contribution in [0.15, 0.2) is 46.0 Å². The van der Waals surface area contributed by atoms with Gasteiger partial charge in [-0.05, 0) is 36.4 Å². The summed E-state index contributed by atoms with van der Waals surface area (Å²) in [5.74, 6) is -0.340. The van der Waals surface area contributed by atoms with Crippen LogP contribution in [0.3, 0.4) is 0 Å². The van der Waals surface area contributed by atoms with E-state index in [0.29, 0.717) is 18.7 Å². The zero-order chi connectivity index (χ0) is 16.9. The standard InChI is InChI=1S/C16H20N2O3S2/c1-3-10-18(23(20,21)16-9-6-11-22-16)12-15(19)17-14-8-5-4-7-13(14)2/h4-9,11H,3,10,12H2,1-2H3,(H,17,19). The molecule has 0 atom stereocenters. The third-order valence-electron chi connectivity index (χ3n) is 3.30. The molecule has 0 fully saturated rings. The number of hydrogen-bond donors (Lipinski definition) is 1. The molecule has 1 aromatic heterocycles. The van der Waals surface area contributed by atoms with Crippen molar-refractivity contribution >= 4 is 33.0 Å². The van der Waals surface area contributed by atoms with Gasteiger partial charge >= 0.3 is 0 Å². The monoisotopic (exact) mass is 352 g/mol. The van der Waals surface area contributed by atoms with Crippen molar-refractivity contribution in [3.05, 3.63) is 47.3 Å². The van der Waals surface area contributed by atoms with Crippen LogP contribution >= 0.6 is 11.3 Å². The molecule has 124 valence electrons. The molecule has 0 aliphatic rings. The molecule has 0 saturated carbocycles. The normalized spacial score (nSPS) is 11.6. The second kappa shape index (κ2) is 7.72. The molecule has 0 aliphatic carbocycles. The second-order valence-corrected chi connectivity index (χ2v) is 8.25. The maximum atomic E-state index is 12.6. The Hall–Kier alpha value is -1.70. The molecule has 5 nitrogen and oxygen atoms in total. The predicted molar refractivity (Wildman–Crippen MR) is 93.2 cm³/mol. The minimum atomic E-state index is -3.63. The molecule has 0 unspecified atom stereocenters. The first-order valence-corrected chi connectivity index (χ1v) is 9.66. The number of carbonyl (C=O) groups excluding carboxylic acids is 1. The average molecular weight is 352 g/mol. The van der Waals surface area contributed by atoms with E-state index in [1.54, 1.807) is 23.6 Å². The molecule has 1 amide bonds. The fourth-order valence-electron chi connectivity index (χ4n) is 2.13. The van der Waals surface area contributed by atoms with Crippen molar-refractivity contribution in [3.63, 3.8) is 0 Å². The number of rotatable bonds is 7. The Labute approximate surface area is 141 Å². The van der Waals surface area contributed by atoms with E-state index in [-0.39, 0.29) is 16.7 Å². The van der Waals surface area contributed by atoms with Crippen LogP contribution in [-0.4, -0.2) is 31.7 Å². The first kappa shape index (κ1) is 17.7. The zero-order valence-corrected chi connectivity index (χ0v) is 14.8. The number of amides is 1. The fraction of sp³-hybridized carbons (Fsp3) is 0.312. The Kier molecular flexibility index (Phi) is 5.92. The summed E-state index contributed by atoms with van der Waals surface area (Å²) >= 11 is 1.16. The van der Waals surface area contributed by atoms with Crippen LogP contribution in [0.25, 0.3) is 0 Å². The Balaban J connectivity index is 2.13. The number of nitrogens with one attached hydrogen (secondary N) is 1. The lowest BCUT2D eigenvalue weighted by molar-refractivity contribution is -0.116. The van der Waals surface area contributed by atoms with E-state index in [0.717, 1.165) is 16.9 Å². The van der Waals surface area contributed by atoms with E-state index >= 15 is 0 Å². The molecule has 7 heteroatoms. The predicted octanol–water partition coefficient (Wildman–Crippen LogP) is 3.10. The van der Waals surface area contributed by atoms with Gasteiger partial charge in [-0.25, -0.2) is 8.42 Å². The summed E-state index contributed by atoms with van der Waals surface area (Å²) in [4.78, 5) is 12.3. The van der Waals surface area contributed by atoms with Crippen molar-refractivity contribution in [2.24, 2.45) is 0 Å². The minimum absolute atomic E-state index is 0.192. The first-order valence-electron chi connectivity index (χ1n) is 7.34. The lowest BCUT2D eigenvalue weighted by Gasteiger charge is -2.20. The van der Waals surface area contributed by atoms with Crippen LogP contribution in [0.5, 0.6) is 0 Å². The van der Waals surface area contributed by atoms with Gasteiger partial charge in [0.05, 0.1) is 6.54 Å². The Morgan fingerprint density at radius 2 is 1.96 bits per heavy atom. The SMILES string of the molecule is CCCN(CC(=O)Nc1ccccc1C)S(=O)(=O)c1cccs1. The average Bonchev–Trinajstić information content (AvgIpc) is 3.04. The van der Waals surface area contributed by atoms with Crippen LogP contribution in [-0.2, 0) is 14.8 Å². The van der Waals surface area contributed by atoms with Crippen LogP contribution < -0.4 is 5.32 Å². The van der Waals surface area contributed by atoms with Gasteiger partial charge in [0.15, 0.2) is 0 Å². The third kappa shape index (κ3) is 4.40. The lowest BCUT2D eigenvalue weighted by atomic mass is 10.2. The number of benzene rings is 1. The number of hydrogen-bond acceptors (Lipinski definition) is 4. The summed E-state index contributed by atoms with van der Waals surface area (Å²) in [5, 5.41) is 4.49. The third-order valence-corrected chi connectivity index (χ3v) is 6.52. The fourth-order valence-corrected chi connectivity index (χ4v) is 4.77. The maximum Gasteiger partial charge on any atom is 0.253 e. The van der Waals surface area contributed by atoms with E-state index in [1.807, 2.05) is 32.0 Å². The molecule has 1 heterocycles. The number of sulfonamides is 1. The molecule has 23 heavy (non-hydrogen) atoms. The van der Waals surface area contributed by atoms with Gasteiger partial charge in [-0.2, -0.15) is 4.31 Å². The summed E-state index contributed by atoms with van der Waals surface area (Å²) < 4.78 is 26.7. The summed E-state index contributed by atoms with van der Waals surface area (Å²) in [6, 6.07) is 10.6. The van der Waals surface area contributed by atoms with Gasteiger partial charge < -0.3 is 5.32 Å². The van der Waals surface area contributed by atoms with Crippen molar-refractivity contribution in [1.82, 2.24) is 4.31 Å². The topological polar surface area (TPSA) is 66.5 Å². The second-order valence-electron chi connectivity index (χ2n) is 5.13. The van der Waals surface area contributed by atoms with E-state index in [1.165, 1.54) is 4.31 Å². The Morgan fingerprint density at radius 3 is 2.57 bits per heavy atom. The van der Waals surface area contributed by atoms with Gasteiger partial charge in [-0.1, -0.05) is 31.2 Å². The molecular weight excluding hydrogens is 332 g/mol. The molecule has 0 spiro atoms. The number of thiophene rings is 1. The Morgan fingerprint density at radius 1 is 1.22 bits per heavy atom. The number of anilines is 1. The largest absolute Gasteiger partial charge is 0.325 e. The highest BCUT2D eigenvalue weighted by molar-refractivity contribution is 7.91. The lowest BCUT2D eigenvalue weighted by Crippen LogP contribution is -2.38. The molecule has 1 N–H and O–H groups in total. The minimum Gasteiger partial charge on any atom is -0.325 e. The highest BCUT2D eigenvalue weighted by Crippen LogP contribution is 2.21. The molecule has 1 aromatic carbocycles. The number of carbonyl (C=O) groups is 1. The molecular formula is C16H20N2O3S2. The highest BCUT2D eigenvalue weighted by Gasteiger charge is 2.26. The van der Waals surface area contributed by atoms with Crippen molar-refractivity contribution < 1.29 is 13.2 Å². The first-order chi connectivity index (χ1) is 10.9. The van der Waals surface area contributed by atoms with Crippen molar-refractivity contribution in [2.45, 2.75) is 24.5 Å². The van der Waals surface area contributed by atoms with Gasteiger partial charge in [-0.15, -0.1) is 11.3 Å². The van der Waals surface area contributed by atoms with Crippen LogP contribution in [0.1, 0.15) is 18.9 Å². The zero-order valence-electron chi connectivity index (χ0n) is 13.2. The van der Waals surface area contributed by atoms with E-state index in [4.69, 9.17) is 0 Å². The summed E-state index contributed by atoms with van der Waals surface area (Å²) in [7, 11) is -3.63.